The Balaban J connectivity index is 2.12. The van der Waals surface area contributed by atoms with Crippen LogP contribution in [-0.2, 0) is 9.53 Å². The number of carbonyl (C=O) groups is 1. The number of amides is 1. The topological polar surface area (TPSA) is 63.2 Å². The van der Waals surface area contributed by atoms with Crippen LogP contribution >= 0.6 is 11.3 Å². The third-order valence-electron chi connectivity index (χ3n) is 2.65. The Labute approximate surface area is 126 Å². The van der Waals surface area contributed by atoms with E-state index in [0.717, 1.165) is 0 Å². The molecule has 1 amide bonds. The van der Waals surface area contributed by atoms with E-state index < -0.39 is 5.82 Å². The van der Waals surface area contributed by atoms with Gasteiger partial charge in [0.25, 0.3) is 0 Å². The second-order valence-corrected chi connectivity index (χ2v) is 5.19. The average molecular weight is 309 g/mol. The van der Waals surface area contributed by atoms with Crippen LogP contribution in [0.1, 0.15) is 6.92 Å². The molecule has 0 aliphatic carbocycles. The minimum atomic E-state index is -0.421. The van der Waals surface area contributed by atoms with Crippen molar-refractivity contribution in [1.29, 1.82) is 0 Å². The largest absolute Gasteiger partial charge is 0.383 e. The Morgan fingerprint density at radius 1 is 1.48 bits per heavy atom. The summed E-state index contributed by atoms with van der Waals surface area (Å²) in [7, 11) is 1.63. The molecular formula is C14H16FN3O2S. The van der Waals surface area contributed by atoms with Crippen molar-refractivity contribution < 1.29 is 13.9 Å². The molecule has 0 fully saturated rings. The maximum absolute atomic E-state index is 14.1. The molecule has 0 saturated heterocycles. The lowest BCUT2D eigenvalue weighted by atomic mass is 10.1. The third kappa shape index (κ3) is 4.24. The number of halogens is 1. The van der Waals surface area contributed by atoms with E-state index in [1.165, 1.54) is 24.3 Å². The Hall–Kier alpha value is -1.99. The number of nitrogens with one attached hydrogen (secondary N) is 2. The quantitative estimate of drug-likeness (QED) is 0.805. The fourth-order valence-electron chi connectivity index (χ4n) is 1.74. The predicted molar refractivity (Wildman–Crippen MR) is 82.2 cm³/mol. The lowest BCUT2D eigenvalue weighted by Gasteiger charge is -2.05. The maximum Gasteiger partial charge on any atom is 0.221 e. The molecular weight excluding hydrogens is 293 g/mol. The van der Waals surface area contributed by atoms with Crippen LogP contribution in [0.25, 0.3) is 11.3 Å². The first-order valence-corrected chi connectivity index (χ1v) is 7.24. The van der Waals surface area contributed by atoms with Gasteiger partial charge in [-0.2, -0.15) is 0 Å². The first-order chi connectivity index (χ1) is 10.1. The Kier molecular flexibility index (Phi) is 5.24. The van der Waals surface area contributed by atoms with Gasteiger partial charge in [0, 0.05) is 37.2 Å². The van der Waals surface area contributed by atoms with Gasteiger partial charge < -0.3 is 15.4 Å². The summed E-state index contributed by atoms with van der Waals surface area (Å²) in [5.41, 5.74) is 1.39. The van der Waals surface area contributed by atoms with Crippen molar-refractivity contribution in [3.8, 4) is 11.3 Å². The fourth-order valence-corrected chi connectivity index (χ4v) is 2.48. The highest BCUT2D eigenvalue weighted by atomic mass is 32.1. The van der Waals surface area contributed by atoms with Gasteiger partial charge in [0.15, 0.2) is 5.13 Å². The smallest absolute Gasteiger partial charge is 0.221 e. The molecule has 5 nitrogen and oxygen atoms in total. The number of nitrogens with zero attached hydrogens (tertiary/aromatic N) is 1. The number of ether oxygens (including phenoxy) is 1. The molecule has 2 rings (SSSR count). The number of thiazole rings is 1. The molecule has 1 heterocycles. The molecule has 21 heavy (non-hydrogen) atoms. The summed E-state index contributed by atoms with van der Waals surface area (Å²) in [5.74, 6) is -0.657. The third-order valence-corrected chi connectivity index (χ3v) is 3.45. The summed E-state index contributed by atoms with van der Waals surface area (Å²) in [5, 5.41) is 8.14. The molecule has 0 unspecified atom stereocenters. The highest BCUT2D eigenvalue weighted by molar-refractivity contribution is 7.14. The first-order valence-electron chi connectivity index (χ1n) is 6.36. The minimum Gasteiger partial charge on any atom is -0.383 e. The van der Waals surface area contributed by atoms with Crippen molar-refractivity contribution in [3.05, 3.63) is 29.4 Å². The first kappa shape index (κ1) is 15.4. The highest BCUT2D eigenvalue weighted by Gasteiger charge is 2.10. The van der Waals surface area contributed by atoms with Crippen LogP contribution in [0.2, 0.25) is 0 Å². The summed E-state index contributed by atoms with van der Waals surface area (Å²) in [6.45, 7) is 2.60. The number of anilines is 2. The molecule has 0 bridgehead atoms. The van der Waals surface area contributed by atoms with Gasteiger partial charge in [-0.05, 0) is 18.2 Å². The van der Waals surface area contributed by atoms with Crippen molar-refractivity contribution >= 4 is 28.1 Å². The number of hydrogen-bond donors (Lipinski definition) is 2. The summed E-state index contributed by atoms with van der Waals surface area (Å²) in [4.78, 5) is 15.3. The molecule has 112 valence electrons. The second kappa shape index (κ2) is 7.14. The maximum atomic E-state index is 14.1. The van der Waals surface area contributed by atoms with Crippen LogP contribution in [0, 0.1) is 5.82 Å². The molecule has 0 radical (unpaired) electrons. The zero-order valence-corrected chi connectivity index (χ0v) is 12.6. The van der Waals surface area contributed by atoms with Crippen molar-refractivity contribution in [2.24, 2.45) is 0 Å². The summed E-state index contributed by atoms with van der Waals surface area (Å²) in [6.07, 6.45) is 0. The molecule has 2 N–H and O–H groups in total. The Bertz CT molecular complexity index is 630. The van der Waals surface area contributed by atoms with Crippen LogP contribution in [0.3, 0.4) is 0 Å². The monoisotopic (exact) mass is 309 g/mol. The van der Waals surface area contributed by atoms with Crippen LogP contribution in [0.4, 0.5) is 15.2 Å². The van der Waals surface area contributed by atoms with Gasteiger partial charge in [-0.3, -0.25) is 4.79 Å². The average Bonchev–Trinajstić information content (AvgIpc) is 2.87. The molecule has 1 aromatic heterocycles. The second-order valence-electron chi connectivity index (χ2n) is 4.33. The predicted octanol–water partition coefficient (Wildman–Crippen LogP) is 2.97. The number of methoxy groups -OCH3 is 1. The zero-order chi connectivity index (χ0) is 15.2. The molecule has 0 saturated carbocycles. The summed E-state index contributed by atoms with van der Waals surface area (Å²) >= 11 is 1.40. The fraction of sp³-hybridized carbons (Fsp3) is 0.286. The van der Waals surface area contributed by atoms with E-state index in [9.17, 15) is 9.18 Å². The van der Waals surface area contributed by atoms with Crippen molar-refractivity contribution in [3.63, 3.8) is 0 Å². The zero-order valence-electron chi connectivity index (χ0n) is 11.8. The molecule has 1 aromatic carbocycles. The molecule has 2 aromatic rings. The van der Waals surface area contributed by atoms with Crippen molar-refractivity contribution in [1.82, 2.24) is 4.98 Å². The molecule has 0 aliphatic rings. The number of rotatable bonds is 6. The molecule has 0 spiro atoms. The summed E-state index contributed by atoms with van der Waals surface area (Å²) in [6, 6.07) is 4.54. The lowest BCUT2D eigenvalue weighted by molar-refractivity contribution is -0.114. The van der Waals surface area contributed by atoms with Gasteiger partial charge in [0.2, 0.25) is 5.91 Å². The molecule has 0 atom stereocenters. The number of hydrogen-bond acceptors (Lipinski definition) is 5. The van der Waals surface area contributed by atoms with E-state index in [1.54, 1.807) is 24.6 Å². The lowest BCUT2D eigenvalue weighted by Crippen LogP contribution is -2.07. The van der Waals surface area contributed by atoms with Gasteiger partial charge in [-0.25, -0.2) is 9.37 Å². The van der Waals surface area contributed by atoms with Crippen LogP contribution < -0.4 is 10.6 Å². The Morgan fingerprint density at radius 2 is 2.29 bits per heavy atom. The van der Waals surface area contributed by atoms with E-state index in [4.69, 9.17) is 4.74 Å². The van der Waals surface area contributed by atoms with Crippen LogP contribution in [0.15, 0.2) is 23.6 Å². The standard InChI is InChI=1S/C14H16FN3O2S/c1-9(19)17-10-3-4-11(12(15)7-10)13-8-21-14(18-13)16-5-6-20-2/h3-4,7-8H,5-6H2,1-2H3,(H,16,18)(H,17,19). The van der Waals surface area contributed by atoms with Gasteiger partial charge in [-0.15, -0.1) is 11.3 Å². The normalized spacial score (nSPS) is 10.4. The number of carbonyl (C=O) groups excluding carboxylic acids is 1. The van der Waals surface area contributed by atoms with E-state index in [-0.39, 0.29) is 5.91 Å². The summed E-state index contributed by atoms with van der Waals surface area (Å²) < 4.78 is 19.0. The van der Waals surface area contributed by atoms with E-state index in [0.29, 0.717) is 35.2 Å². The van der Waals surface area contributed by atoms with Gasteiger partial charge in [-0.1, -0.05) is 0 Å². The Morgan fingerprint density at radius 3 is 2.95 bits per heavy atom. The number of benzene rings is 1. The van der Waals surface area contributed by atoms with Crippen LogP contribution in [0.5, 0.6) is 0 Å². The van der Waals surface area contributed by atoms with Crippen molar-refractivity contribution in [2.75, 3.05) is 30.9 Å². The van der Waals surface area contributed by atoms with Gasteiger partial charge >= 0.3 is 0 Å². The molecule has 7 heteroatoms. The van der Waals surface area contributed by atoms with Crippen molar-refractivity contribution in [2.45, 2.75) is 6.92 Å². The van der Waals surface area contributed by atoms with Gasteiger partial charge in [0.1, 0.15) is 5.82 Å². The van der Waals surface area contributed by atoms with E-state index in [1.807, 2.05) is 0 Å². The van der Waals surface area contributed by atoms with Crippen LogP contribution in [-0.4, -0.2) is 31.2 Å². The van der Waals surface area contributed by atoms with E-state index in [2.05, 4.69) is 15.6 Å². The minimum absolute atomic E-state index is 0.236. The van der Waals surface area contributed by atoms with Gasteiger partial charge in [0.05, 0.1) is 12.3 Å². The number of aromatic nitrogens is 1. The highest BCUT2D eigenvalue weighted by Crippen LogP contribution is 2.28. The molecule has 0 aliphatic heterocycles. The van der Waals surface area contributed by atoms with E-state index >= 15 is 0 Å². The SMILES string of the molecule is COCCNc1nc(-c2ccc(NC(C)=O)cc2F)cs1.